The lowest BCUT2D eigenvalue weighted by Crippen LogP contribution is -2.41. The summed E-state index contributed by atoms with van der Waals surface area (Å²) in [4.78, 5) is 28.5. The second kappa shape index (κ2) is 10.5. The normalized spacial score (nSPS) is 10.7. The molecule has 0 bridgehead atoms. The molecule has 32 heavy (non-hydrogen) atoms. The number of hydrogen-bond acceptors (Lipinski definition) is 6. The van der Waals surface area contributed by atoms with E-state index in [4.69, 9.17) is 9.84 Å². The van der Waals surface area contributed by atoms with Crippen LogP contribution in [0.5, 0.6) is 11.5 Å². The zero-order valence-corrected chi connectivity index (χ0v) is 19.0. The first-order valence-electron chi connectivity index (χ1n) is 10.2. The number of aryl methyl sites for hydroxylation is 1. The van der Waals surface area contributed by atoms with Crippen molar-refractivity contribution in [2.24, 2.45) is 0 Å². The van der Waals surface area contributed by atoms with E-state index in [1.165, 1.54) is 12.3 Å². The average molecular weight is 440 g/mol. The van der Waals surface area contributed by atoms with Crippen molar-refractivity contribution >= 4 is 17.6 Å². The van der Waals surface area contributed by atoms with Crippen molar-refractivity contribution < 1.29 is 24.5 Å². The fourth-order valence-corrected chi connectivity index (χ4v) is 2.94. The maximum Gasteiger partial charge on any atom is 0.322 e. The Labute approximate surface area is 188 Å². The van der Waals surface area contributed by atoms with Gasteiger partial charge >= 0.3 is 5.97 Å². The van der Waals surface area contributed by atoms with E-state index < -0.39 is 18.4 Å². The third-order valence-corrected chi connectivity index (χ3v) is 4.55. The summed E-state index contributed by atoms with van der Waals surface area (Å²) in [5.41, 5.74) is 2.01. The van der Waals surface area contributed by atoms with Crippen LogP contribution in [0.4, 0.5) is 5.69 Å². The molecule has 170 valence electrons. The van der Waals surface area contributed by atoms with Gasteiger partial charge in [-0.15, -0.1) is 0 Å². The average Bonchev–Trinajstić information content (AvgIpc) is 2.70. The maximum atomic E-state index is 11.9. The van der Waals surface area contributed by atoms with Gasteiger partial charge in [0.2, 0.25) is 0 Å². The van der Waals surface area contributed by atoms with Gasteiger partial charge in [0, 0.05) is 29.1 Å². The van der Waals surface area contributed by atoms with Crippen LogP contribution in [0.15, 0.2) is 30.5 Å². The molecular weight excluding hydrogens is 410 g/mol. The van der Waals surface area contributed by atoms with Crippen LogP contribution in [0.1, 0.15) is 49.3 Å². The van der Waals surface area contributed by atoms with Crippen molar-refractivity contribution in [2.75, 3.05) is 24.6 Å². The topological polar surface area (TPSA) is 112 Å². The molecule has 0 saturated heterocycles. The molecule has 0 aliphatic carbocycles. The monoisotopic (exact) mass is 439 g/mol. The third kappa shape index (κ3) is 6.64. The van der Waals surface area contributed by atoms with Gasteiger partial charge in [0.25, 0.3) is 5.91 Å². The molecule has 0 fully saturated rings. The molecule has 1 aromatic heterocycles. The van der Waals surface area contributed by atoms with Crippen LogP contribution < -0.4 is 15.0 Å². The molecule has 0 radical (unpaired) electrons. The smallest absolute Gasteiger partial charge is 0.322 e. The summed E-state index contributed by atoms with van der Waals surface area (Å²) < 4.78 is 5.72. The lowest BCUT2D eigenvalue weighted by atomic mass is 10.0. The number of pyridine rings is 1. The number of aromatic hydroxyl groups is 1. The number of nitrogens with one attached hydrogen (secondary N) is 1. The molecular formula is C24H29N3O5. The molecule has 0 atom stereocenters. The Morgan fingerprint density at radius 1 is 1.25 bits per heavy atom. The predicted octanol–water partition coefficient (Wildman–Crippen LogP) is 2.97. The summed E-state index contributed by atoms with van der Waals surface area (Å²) >= 11 is 0. The summed E-state index contributed by atoms with van der Waals surface area (Å²) in [6.07, 6.45) is 1.36. The summed E-state index contributed by atoms with van der Waals surface area (Å²) in [5.74, 6) is 4.55. The van der Waals surface area contributed by atoms with Gasteiger partial charge in [0.05, 0.1) is 13.2 Å². The number of carboxylic acid groups (broad SMARTS) is 1. The summed E-state index contributed by atoms with van der Waals surface area (Å²) in [5, 5.41) is 20.9. The zero-order valence-electron chi connectivity index (χ0n) is 19.0. The van der Waals surface area contributed by atoms with Crippen LogP contribution in [-0.2, 0) is 4.79 Å². The third-order valence-electron chi connectivity index (χ3n) is 4.55. The van der Waals surface area contributed by atoms with Crippen LogP contribution in [0.25, 0.3) is 0 Å². The van der Waals surface area contributed by atoms with E-state index in [0.29, 0.717) is 18.7 Å². The Hall–Kier alpha value is -3.73. The van der Waals surface area contributed by atoms with Crippen LogP contribution in [0.2, 0.25) is 0 Å². The van der Waals surface area contributed by atoms with Gasteiger partial charge < -0.3 is 25.2 Å². The molecule has 1 aromatic carbocycles. The molecule has 0 unspecified atom stereocenters. The molecule has 1 heterocycles. The van der Waals surface area contributed by atoms with Crippen LogP contribution >= 0.6 is 0 Å². The van der Waals surface area contributed by atoms with E-state index in [1.807, 2.05) is 32.0 Å². The van der Waals surface area contributed by atoms with E-state index in [0.717, 1.165) is 17.0 Å². The Balaban J connectivity index is 2.21. The number of ether oxygens (including phenoxy) is 1. The number of carbonyl (C=O) groups is 2. The van der Waals surface area contributed by atoms with Gasteiger partial charge in [-0.05, 0) is 52.3 Å². The molecule has 2 aromatic rings. The highest BCUT2D eigenvalue weighted by Crippen LogP contribution is 2.29. The van der Waals surface area contributed by atoms with E-state index in [2.05, 4.69) is 47.8 Å². The van der Waals surface area contributed by atoms with Crippen molar-refractivity contribution in [3.05, 3.63) is 47.3 Å². The van der Waals surface area contributed by atoms with Gasteiger partial charge in [-0.2, -0.15) is 0 Å². The molecule has 2 rings (SSSR count). The number of aromatic nitrogens is 1. The minimum Gasteiger partial charge on any atom is -0.505 e. The Morgan fingerprint density at radius 2 is 1.97 bits per heavy atom. The number of carboxylic acids is 1. The molecule has 0 aliphatic rings. The highest BCUT2D eigenvalue weighted by atomic mass is 16.5. The standard InChI is InChI=1S/C24H29N3O5/c1-6-32-20-13-18(10-9-16(20)2)27(24(3,4)5)11-7-8-17-12-19(28)22(25-14-17)23(31)26-15-21(29)30/h9-10,12-14,28H,6,11,15H2,1-5H3,(H,26,31)(H,29,30). The minimum atomic E-state index is -1.19. The Kier molecular flexibility index (Phi) is 8.08. The first-order valence-corrected chi connectivity index (χ1v) is 10.2. The highest BCUT2D eigenvalue weighted by molar-refractivity contribution is 5.96. The largest absolute Gasteiger partial charge is 0.505 e. The van der Waals surface area contributed by atoms with Crippen LogP contribution in [0, 0.1) is 18.8 Å². The van der Waals surface area contributed by atoms with Gasteiger partial charge in [-0.3, -0.25) is 9.59 Å². The quantitative estimate of drug-likeness (QED) is 0.569. The molecule has 3 N–H and O–H groups in total. The lowest BCUT2D eigenvalue weighted by molar-refractivity contribution is -0.135. The van der Waals surface area contributed by atoms with E-state index >= 15 is 0 Å². The first-order chi connectivity index (χ1) is 15.0. The van der Waals surface area contributed by atoms with Gasteiger partial charge in [0.1, 0.15) is 18.0 Å². The molecule has 0 aliphatic heterocycles. The molecule has 0 spiro atoms. The molecule has 0 saturated carbocycles. The van der Waals surface area contributed by atoms with Gasteiger partial charge in [-0.1, -0.05) is 17.9 Å². The molecule has 8 nitrogen and oxygen atoms in total. The van der Waals surface area contributed by atoms with Gasteiger partial charge in [0.15, 0.2) is 5.69 Å². The SMILES string of the molecule is CCOc1cc(N(CC#Cc2cnc(C(=O)NCC(=O)O)c(O)c2)C(C)(C)C)ccc1C. The van der Waals surface area contributed by atoms with Crippen molar-refractivity contribution in [3.8, 4) is 23.3 Å². The number of rotatable bonds is 7. The Bertz CT molecular complexity index is 1050. The maximum absolute atomic E-state index is 11.9. The zero-order chi connectivity index (χ0) is 23.9. The second-order valence-corrected chi connectivity index (χ2v) is 8.11. The predicted molar refractivity (Wildman–Crippen MR) is 122 cm³/mol. The Morgan fingerprint density at radius 3 is 2.56 bits per heavy atom. The van der Waals surface area contributed by atoms with E-state index in [-0.39, 0.29) is 17.0 Å². The number of anilines is 1. The van der Waals surface area contributed by atoms with E-state index in [1.54, 1.807) is 0 Å². The van der Waals surface area contributed by atoms with Crippen LogP contribution in [0.3, 0.4) is 0 Å². The van der Waals surface area contributed by atoms with Crippen molar-refractivity contribution in [1.82, 2.24) is 10.3 Å². The van der Waals surface area contributed by atoms with Crippen molar-refractivity contribution in [3.63, 3.8) is 0 Å². The number of benzene rings is 1. The molecule has 1 amide bonds. The number of nitrogens with zero attached hydrogens (tertiary/aromatic N) is 2. The van der Waals surface area contributed by atoms with Crippen molar-refractivity contribution in [2.45, 2.75) is 40.2 Å². The number of carbonyl (C=O) groups excluding carboxylic acids is 1. The molecule has 8 heteroatoms. The van der Waals surface area contributed by atoms with Crippen LogP contribution in [-0.4, -0.2) is 52.3 Å². The van der Waals surface area contributed by atoms with E-state index in [9.17, 15) is 14.7 Å². The first kappa shape index (κ1) is 24.5. The number of aliphatic carboxylic acids is 1. The fraction of sp³-hybridized carbons (Fsp3) is 0.375. The minimum absolute atomic E-state index is 0.208. The fourth-order valence-electron chi connectivity index (χ4n) is 2.94. The van der Waals surface area contributed by atoms with Crippen molar-refractivity contribution in [1.29, 1.82) is 0 Å². The highest BCUT2D eigenvalue weighted by Gasteiger charge is 2.22. The van der Waals surface area contributed by atoms with Gasteiger partial charge in [-0.25, -0.2) is 4.98 Å². The lowest BCUT2D eigenvalue weighted by Gasteiger charge is -2.36. The number of amides is 1. The number of hydrogen-bond donors (Lipinski definition) is 3. The summed E-state index contributed by atoms with van der Waals surface area (Å²) in [6, 6.07) is 7.38. The second-order valence-electron chi connectivity index (χ2n) is 8.11. The summed E-state index contributed by atoms with van der Waals surface area (Å²) in [7, 11) is 0. The summed E-state index contributed by atoms with van der Waals surface area (Å²) in [6.45, 7) is 10.7.